The summed E-state index contributed by atoms with van der Waals surface area (Å²) in [7, 11) is 1.61. The van der Waals surface area contributed by atoms with E-state index in [1.807, 2.05) is 30.3 Å². The van der Waals surface area contributed by atoms with Crippen LogP contribution in [0.4, 0.5) is 0 Å². The van der Waals surface area contributed by atoms with Gasteiger partial charge in [-0.05, 0) is 70.7 Å². The Morgan fingerprint density at radius 2 is 1.44 bits per heavy atom. The van der Waals surface area contributed by atoms with E-state index < -0.39 is 0 Å². The Morgan fingerprint density at radius 1 is 0.824 bits per heavy atom. The molecule has 0 aliphatic carbocycles. The maximum Gasteiger partial charge on any atom is 0.231 e. The molecule has 0 saturated carbocycles. The second-order valence-electron chi connectivity index (χ2n) is 8.14. The molecule has 1 atom stereocenters. The molecule has 6 heteroatoms. The van der Waals surface area contributed by atoms with E-state index >= 15 is 0 Å². The van der Waals surface area contributed by atoms with E-state index in [2.05, 4.69) is 43.3 Å². The van der Waals surface area contributed by atoms with Crippen molar-refractivity contribution in [3.63, 3.8) is 0 Å². The second-order valence-corrected chi connectivity index (χ2v) is 8.14. The van der Waals surface area contributed by atoms with Gasteiger partial charge in [0.2, 0.25) is 6.79 Å². The van der Waals surface area contributed by atoms with Crippen LogP contribution in [0.25, 0.3) is 11.1 Å². The molecule has 1 unspecified atom stereocenters. The molecule has 3 aromatic carbocycles. The van der Waals surface area contributed by atoms with Crippen LogP contribution in [0.1, 0.15) is 30.0 Å². The Balaban J connectivity index is 1.54. The lowest BCUT2D eigenvalue weighted by atomic mass is 9.88. The Morgan fingerprint density at radius 3 is 2.06 bits per heavy atom. The number of methoxy groups -OCH3 is 1. The van der Waals surface area contributed by atoms with Gasteiger partial charge in [-0.1, -0.05) is 37.3 Å². The fourth-order valence-electron chi connectivity index (χ4n) is 4.04. The summed E-state index contributed by atoms with van der Waals surface area (Å²) in [5.41, 5.74) is 5.67. The summed E-state index contributed by atoms with van der Waals surface area (Å²) in [5, 5.41) is 0. The molecule has 6 nitrogen and oxygen atoms in total. The van der Waals surface area contributed by atoms with Crippen molar-refractivity contribution in [2.75, 3.05) is 33.9 Å². The molecule has 2 aliphatic rings. The summed E-state index contributed by atoms with van der Waals surface area (Å²) < 4.78 is 32.9. The number of rotatable bonds is 10. The zero-order valence-electron chi connectivity index (χ0n) is 19.4. The summed E-state index contributed by atoms with van der Waals surface area (Å²) in [6.45, 7) is 4.01. The lowest BCUT2D eigenvalue weighted by molar-refractivity contribution is 0.0511. The van der Waals surface area contributed by atoms with Gasteiger partial charge in [0.15, 0.2) is 18.3 Å². The van der Waals surface area contributed by atoms with Crippen LogP contribution in [0.5, 0.6) is 23.0 Å². The summed E-state index contributed by atoms with van der Waals surface area (Å²) in [6, 6.07) is 22.5. The fourth-order valence-corrected chi connectivity index (χ4v) is 4.04. The maximum absolute atomic E-state index is 5.85. The van der Waals surface area contributed by atoms with Gasteiger partial charge in [-0.15, -0.1) is 0 Å². The molecule has 0 radical (unpaired) electrons. The highest BCUT2D eigenvalue weighted by atomic mass is 16.7. The molecule has 0 amide bonds. The van der Waals surface area contributed by atoms with Crippen molar-refractivity contribution >= 4 is 11.1 Å². The first-order valence-corrected chi connectivity index (χ1v) is 11.5. The highest BCUT2D eigenvalue weighted by molar-refractivity contribution is 5.99. The second kappa shape index (κ2) is 10.2. The minimum absolute atomic E-state index is 0.215. The van der Waals surface area contributed by atoms with Crippen molar-refractivity contribution in [2.24, 2.45) is 0 Å². The van der Waals surface area contributed by atoms with Gasteiger partial charge in [0.1, 0.15) is 24.2 Å². The monoisotopic (exact) mass is 460 g/mol. The van der Waals surface area contributed by atoms with Gasteiger partial charge in [0.05, 0.1) is 6.61 Å². The third kappa shape index (κ3) is 5.03. The molecule has 1 saturated heterocycles. The van der Waals surface area contributed by atoms with E-state index in [0.717, 1.165) is 58.3 Å². The molecule has 0 spiro atoms. The van der Waals surface area contributed by atoms with Crippen LogP contribution in [-0.2, 0) is 9.47 Å². The molecule has 2 heterocycles. The van der Waals surface area contributed by atoms with E-state index in [9.17, 15) is 0 Å². The van der Waals surface area contributed by atoms with Crippen LogP contribution < -0.4 is 18.9 Å². The molecular weight excluding hydrogens is 432 g/mol. The van der Waals surface area contributed by atoms with Gasteiger partial charge in [0, 0.05) is 7.11 Å². The van der Waals surface area contributed by atoms with Crippen molar-refractivity contribution in [1.82, 2.24) is 0 Å². The van der Waals surface area contributed by atoms with Gasteiger partial charge < -0.3 is 28.4 Å². The lowest BCUT2D eigenvalue weighted by Gasteiger charge is -2.17. The smallest absolute Gasteiger partial charge is 0.231 e. The number of benzene rings is 3. The standard InChI is InChI=1S/C28H28O6/c1-3-25(21-8-13-26-27(14-21)34-18-33-26)28(20-6-11-23(12-7-20)32-17-29-2)19-4-9-22(10-5-19)30-15-24-16-31-24/h4-14,24H,3,15-18H2,1-2H3. The Bertz CT molecular complexity index is 1150. The van der Waals surface area contributed by atoms with Crippen molar-refractivity contribution in [3.05, 3.63) is 83.4 Å². The third-order valence-electron chi connectivity index (χ3n) is 5.84. The molecule has 1 fully saturated rings. The quantitative estimate of drug-likeness (QED) is 0.225. The Labute approximate surface area is 199 Å². The van der Waals surface area contributed by atoms with Crippen molar-refractivity contribution in [1.29, 1.82) is 0 Å². The SMILES string of the molecule is CCC(=C(c1ccc(OCOC)cc1)c1ccc(OCC2CO2)cc1)c1ccc2c(c1)OCO2. The largest absolute Gasteiger partial charge is 0.491 e. The molecule has 176 valence electrons. The predicted octanol–water partition coefficient (Wildman–Crippen LogP) is 5.54. The number of allylic oxidation sites excluding steroid dienone is 1. The molecular formula is C28H28O6. The average Bonchev–Trinajstić information content (AvgIpc) is 3.60. The summed E-state index contributed by atoms with van der Waals surface area (Å²) in [4.78, 5) is 0. The van der Waals surface area contributed by atoms with Crippen molar-refractivity contribution in [2.45, 2.75) is 19.4 Å². The number of fused-ring (bicyclic) bond motifs is 1. The van der Waals surface area contributed by atoms with Gasteiger partial charge in [-0.2, -0.15) is 0 Å². The summed E-state index contributed by atoms with van der Waals surface area (Å²) in [5.74, 6) is 3.15. The highest BCUT2D eigenvalue weighted by Gasteiger charge is 2.23. The Kier molecular flexibility index (Phi) is 6.70. The molecule has 34 heavy (non-hydrogen) atoms. The van der Waals surface area contributed by atoms with E-state index in [1.165, 1.54) is 5.57 Å². The van der Waals surface area contributed by atoms with Gasteiger partial charge in [0.25, 0.3) is 0 Å². The fraction of sp³-hybridized carbons (Fsp3) is 0.286. The van der Waals surface area contributed by atoms with Crippen LogP contribution in [0.15, 0.2) is 66.7 Å². The average molecular weight is 461 g/mol. The van der Waals surface area contributed by atoms with E-state index in [1.54, 1.807) is 7.11 Å². The zero-order chi connectivity index (χ0) is 23.3. The summed E-state index contributed by atoms with van der Waals surface area (Å²) in [6.07, 6.45) is 1.07. The number of hydrogen-bond acceptors (Lipinski definition) is 6. The first-order valence-electron chi connectivity index (χ1n) is 11.5. The highest BCUT2D eigenvalue weighted by Crippen LogP contribution is 2.40. The minimum Gasteiger partial charge on any atom is -0.491 e. The topological polar surface area (TPSA) is 58.7 Å². The Hall–Kier alpha value is -3.48. The van der Waals surface area contributed by atoms with Crippen LogP contribution in [0.3, 0.4) is 0 Å². The molecule has 5 rings (SSSR count). The molecule has 2 aliphatic heterocycles. The molecule has 0 aromatic heterocycles. The normalized spacial score (nSPS) is 16.7. The first kappa shape index (κ1) is 22.3. The predicted molar refractivity (Wildman–Crippen MR) is 129 cm³/mol. The minimum atomic E-state index is 0.215. The van der Waals surface area contributed by atoms with Gasteiger partial charge in [-0.3, -0.25) is 0 Å². The third-order valence-corrected chi connectivity index (χ3v) is 5.84. The zero-order valence-corrected chi connectivity index (χ0v) is 19.4. The van der Waals surface area contributed by atoms with E-state index in [4.69, 9.17) is 28.4 Å². The maximum atomic E-state index is 5.85. The molecule has 3 aromatic rings. The van der Waals surface area contributed by atoms with E-state index in [0.29, 0.717) is 6.61 Å². The number of ether oxygens (including phenoxy) is 6. The molecule has 0 N–H and O–H groups in total. The van der Waals surface area contributed by atoms with E-state index in [-0.39, 0.29) is 19.7 Å². The number of epoxide rings is 1. The van der Waals surface area contributed by atoms with Crippen LogP contribution in [-0.4, -0.2) is 40.0 Å². The molecule has 0 bridgehead atoms. The van der Waals surface area contributed by atoms with Crippen LogP contribution >= 0.6 is 0 Å². The van der Waals surface area contributed by atoms with Crippen LogP contribution in [0, 0.1) is 0 Å². The van der Waals surface area contributed by atoms with Crippen LogP contribution in [0.2, 0.25) is 0 Å². The van der Waals surface area contributed by atoms with Gasteiger partial charge in [-0.25, -0.2) is 0 Å². The van der Waals surface area contributed by atoms with Crippen molar-refractivity contribution < 1.29 is 28.4 Å². The number of hydrogen-bond donors (Lipinski definition) is 0. The lowest BCUT2D eigenvalue weighted by Crippen LogP contribution is -2.04. The summed E-state index contributed by atoms with van der Waals surface area (Å²) >= 11 is 0. The van der Waals surface area contributed by atoms with Crippen molar-refractivity contribution in [3.8, 4) is 23.0 Å². The first-order chi connectivity index (χ1) is 16.7. The van der Waals surface area contributed by atoms with Gasteiger partial charge >= 0.3 is 0 Å².